The number of ketones is 1. The highest BCUT2D eigenvalue weighted by molar-refractivity contribution is 6.74. The Morgan fingerprint density at radius 3 is 2.55 bits per heavy atom. The van der Waals surface area contributed by atoms with Crippen LogP contribution in [0.15, 0.2) is 36.5 Å². The lowest BCUT2D eigenvalue weighted by Crippen LogP contribution is -2.43. The van der Waals surface area contributed by atoms with E-state index in [1.165, 1.54) is 12.8 Å². The lowest BCUT2D eigenvalue weighted by molar-refractivity contribution is -0.137. The molecule has 0 spiro atoms. The van der Waals surface area contributed by atoms with E-state index in [1.807, 2.05) is 12.2 Å². The van der Waals surface area contributed by atoms with Crippen LogP contribution in [0.3, 0.4) is 0 Å². The normalized spacial score (nSPS) is 20.9. The van der Waals surface area contributed by atoms with E-state index in [0.29, 0.717) is 6.42 Å². The zero-order valence-corrected chi connectivity index (χ0v) is 21.5. The Hall–Kier alpha value is -1.46. The third-order valence-electron chi connectivity index (χ3n) is 6.51. The van der Waals surface area contributed by atoms with E-state index in [1.54, 1.807) is 6.08 Å². The van der Waals surface area contributed by atoms with Crippen LogP contribution in [0.1, 0.15) is 79.1 Å². The molecular weight excluding hydrogens is 404 g/mol. The summed E-state index contributed by atoms with van der Waals surface area (Å²) < 4.78 is 6.68. The van der Waals surface area contributed by atoms with Crippen LogP contribution in [-0.2, 0) is 14.0 Å². The Labute approximate surface area is 191 Å². The first-order valence-corrected chi connectivity index (χ1v) is 14.8. The molecule has 0 aromatic rings. The van der Waals surface area contributed by atoms with Crippen molar-refractivity contribution in [2.24, 2.45) is 11.8 Å². The predicted molar refractivity (Wildman–Crippen MR) is 132 cm³/mol. The van der Waals surface area contributed by atoms with Gasteiger partial charge >= 0.3 is 5.97 Å². The van der Waals surface area contributed by atoms with Crippen molar-refractivity contribution in [3.8, 4) is 0 Å². The molecule has 0 aromatic carbocycles. The molecule has 5 heteroatoms. The van der Waals surface area contributed by atoms with Crippen molar-refractivity contribution in [3.05, 3.63) is 36.5 Å². The van der Waals surface area contributed by atoms with Crippen molar-refractivity contribution >= 4 is 20.1 Å². The molecule has 4 nitrogen and oxygen atoms in total. The van der Waals surface area contributed by atoms with Gasteiger partial charge in [-0.2, -0.15) is 0 Å². The SMILES string of the molecule is CCCCCC(/C=C/[C@@H]1C(=O)C=C[C@@H]1C/C=C\CCCC(=O)O)O[Si](C)(C)C(C)(C)C. The molecule has 31 heavy (non-hydrogen) atoms. The van der Waals surface area contributed by atoms with Crippen LogP contribution in [0.25, 0.3) is 0 Å². The number of hydrogen-bond donors (Lipinski definition) is 1. The fraction of sp³-hybridized carbons (Fsp3) is 0.692. The van der Waals surface area contributed by atoms with Crippen LogP contribution in [-0.4, -0.2) is 31.3 Å². The van der Waals surface area contributed by atoms with E-state index in [4.69, 9.17) is 9.53 Å². The van der Waals surface area contributed by atoms with Gasteiger partial charge in [-0.05, 0) is 55.8 Å². The maximum atomic E-state index is 12.5. The first kappa shape index (κ1) is 27.6. The van der Waals surface area contributed by atoms with E-state index >= 15 is 0 Å². The highest BCUT2D eigenvalue weighted by atomic mass is 28.4. The molecule has 0 radical (unpaired) electrons. The highest BCUT2D eigenvalue weighted by Gasteiger charge is 2.38. The van der Waals surface area contributed by atoms with Crippen LogP contribution < -0.4 is 0 Å². The number of unbranched alkanes of at least 4 members (excludes halogenated alkanes) is 3. The van der Waals surface area contributed by atoms with Gasteiger partial charge in [0.2, 0.25) is 0 Å². The second-order valence-corrected chi connectivity index (χ2v) is 15.0. The van der Waals surface area contributed by atoms with Crippen molar-refractivity contribution in [1.29, 1.82) is 0 Å². The lowest BCUT2D eigenvalue weighted by atomic mass is 9.90. The summed E-state index contributed by atoms with van der Waals surface area (Å²) in [6, 6.07) is 0. The van der Waals surface area contributed by atoms with Gasteiger partial charge in [0.15, 0.2) is 14.1 Å². The number of carbonyl (C=O) groups excluding carboxylic acids is 1. The summed E-state index contributed by atoms with van der Waals surface area (Å²) >= 11 is 0. The first-order valence-electron chi connectivity index (χ1n) is 11.9. The first-order chi connectivity index (χ1) is 14.5. The maximum absolute atomic E-state index is 12.5. The van der Waals surface area contributed by atoms with Gasteiger partial charge in [0.05, 0.1) is 6.10 Å². The molecular formula is C26H44O4Si. The zero-order valence-electron chi connectivity index (χ0n) is 20.5. The van der Waals surface area contributed by atoms with Crippen LogP contribution in [0.5, 0.6) is 0 Å². The predicted octanol–water partition coefficient (Wildman–Crippen LogP) is 7.09. The third-order valence-corrected chi connectivity index (χ3v) is 11.0. The number of aliphatic carboxylic acids is 1. The molecule has 0 saturated heterocycles. The highest BCUT2D eigenvalue weighted by Crippen LogP contribution is 2.38. The van der Waals surface area contributed by atoms with E-state index in [2.05, 4.69) is 59.0 Å². The van der Waals surface area contributed by atoms with Crippen LogP contribution in [0.2, 0.25) is 18.1 Å². The monoisotopic (exact) mass is 448 g/mol. The summed E-state index contributed by atoms with van der Waals surface area (Å²) in [5.41, 5.74) is 0. The van der Waals surface area contributed by atoms with Crippen molar-refractivity contribution in [1.82, 2.24) is 0 Å². The Morgan fingerprint density at radius 2 is 1.94 bits per heavy atom. The molecule has 1 aliphatic carbocycles. The maximum Gasteiger partial charge on any atom is 0.303 e. The summed E-state index contributed by atoms with van der Waals surface area (Å²) in [5, 5.41) is 8.86. The molecule has 176 valence electrons. The molecule has 1 rings (SSSR count). The minimum atomic E-state index is -1.89. The van der Waals surface area contributed by atoms with Gasteiger partial charge in [0.25, 0.3) is 0 Å². The van der Waals surface area contributed by atoms with Gasteiger partial charge in [-0.3, -0.25) is 9.59 Å². The molecule has 0 bridgehead atoms. The summed E-state index contributed by atoms with van der Waals surface area (Å²) in [6.45, 7) is 13.6. The third kappa shape index (κ3) is 10.1. The Kier molecular flexibility index (Phi) is 11.7. The van der Waals surface area contributed by atoms with Gasteiger partial charge < -0.3 is 9.53 Å². The second kappa shape index (κ2) is 13.2. The van der Waals surface area contributed by atoms with Gasteiger partial charge in [0.1, 0.15) is 0 Å². The van der Waals surface area contributed by atoms with Crippen molar-refractivity contribution in [2.75, 3.05) is 0 Å². The van der Waals surface area contributed by atoms with Crippen molar-refractivity contribution < 1.29 is 19.1 Å². The fourth-order valence-electron chi connectivity index (χ4n) is 3.45. The molecule has 0 saturated carbocycles. The molecule has 0 aromatic heterocycles. The Bertz CT molecular complexity index is 655. The molecule has 0 heterocycles. The summed E-state index contributed by atoms with van der Waals surface area (Å²) in [4.78, 5) is 23.0. The topological polar surface area (TPSA) is 63.6 Å². The minimum absolute atomic E-state index is 0.0630. The smallest absolute Gasteiger partial charge is 0.303 e. The number of carbonyl (C=O) groups is 2. The average molecular weight is 449 g/mol. The second-order valence-electron chi connectivity index (χ2n) is 10.2. The summed E-state index contributed by atoms with van der Waals surface area (Å²) in [7, 11) is -1.89. The van der Waals surface area contributed by atoms with Gasteiger partial charge in [-0.15, -0.1) is 0 Å². The number of carboxylic acid groups (broad SMARTS) is 1. The van der Waals surface area contributed by atoms with Crippen LogP contribution in [0, 0.1) is 11.8 Å². The zero-order chi connectivity index (χ0) is 23.5. The van der Waals surface area contributed by atoms with Crippen LogP contribution in [0.4, 0.5) is 0 Å². The lowest BCUT2D eigenvalue weighted by Gasteiger charge is -2.38. The van der Waals surface area contributed by atoms with Gasteiger partial charge in [-0.1, -0.05) is 77.3 Å². The molecule has 1 N–H and O–H groups in total. The van der Waals surface area contributed by atoms with Crippen LogP contribution >= 0.6 is 0 Å². The summed E-state index contributed by atoms with van der Waals surface area (Å²) in [5.74, 6) is -0.541. The molecule has 1 aliphatic rings. The average Bonchev–Trinajstić information content (AvgIpc) is 3.01. The summed E-state index contributed by atoms with van der Waals surface area (Å²) in [6.07, 6.45) is 19.1. The van der Waals surface area contributed by atoms with E-state index < -0.39 is 14.3 Å². The Morgan fingerprint density at radius 1 is 1.23 bits per heavy atom. The quantitative estimate of drug-likeness (QED) is 0.175. The number of allylic oxidation sites excluding steroid dienone is 5. The van der Waals surface area contributed by atoms with Gasteiger partial charge in [-0.25, -0.2) is 0 Å². The molecule has 1 unspecified atom stereocenters. The molecule has 0 amide bonds. The van der Waals surface area contributed by atoms with E-state index in [0.717, 1.165) is 25.7 Å². The minimum Gasteiger partial charge on any atom is -0.481 e. The van der Waals surface area contributed by atoms with E-state index in [9.17, 15) is 9.59 Å². The molecule has 0 fully saturated rings. The standard InChI is InChI=1S/C26H44O4Si/c1-7-8-11-15-22(30-31(5,6)26(2,3)4)18-19-23-21(17-20-24(23)27)14-12-9-10-13-16-25(28)29/h9,12,17-23H,7-8,10-11,13-16H2,1-6H3,(H,28,29)/b12-9-,19-18+/t21-,22?,23-/m0/s1. The molecule has 3 atom stereocenters. The number of rotatable bonds is 14. The van der Waals surface area contributed by atoms with E-state index in [-0.39, 0.29) is 35.2 Å². The van der Waals surface area contributed by atoms with Crippen molar-refractivity contribution in [3.63, 3.8) is 0 Å². The largest absolute Gasteiger partial charge is 0.481 e. The van der Waals surface area contributed by atoms with Crippen molar-refractivity contribution in [2.45, 2.75) is 103 Å². The number of hydrogen-bond acceptors (Lipinski definition) is 3. The van der Waals surface area contributed by atoms with Gasteiger partial charge in [0, 0.05) is 12.3 Å². The fourth-order valence-corrected chi connectivity index (χ4v) is 4.76. The number of carboxylic acids is 1. The Balaban J connectivity index is 2.75. The molecule has 0 aliphatic heterocycles.